The van der Waals surface area contributed by atoms with Crippen LogP contribution in [0.3, 0.4) is 0 Å². The van der Waals surface area contributed by atoms with E-state index in [2.05, 4.69) is 22.6 Å². The van der Waals surface area contributed by atoms with Crippen molar-refractivity contribution >= 4 is 44.3 Å². The molecule has 1 heterocycles. The van der Waals surface area contributed by atoms with Crippen molar-refractivity contribution in [3.05, 3.63) is 62.4 Å². The molecule has 2 aromatic carbocycles. The third-order valence-electron chi connectivity index (χ3n) is 6.66. The molecular formula is C25H33IN2O5S. The van der Waals surface area contributed by atoms with Crippen LogP contribution in [0.2, 0.25) is 0 Å². The Morgan fingerprint density at radius 1 is 1.06 bits per heavy atom. The third-order valence-corrected chi connectivity index (χ3v) is 9.16. The first-order valence-electron chi connectivity index (χ1n) is 11.8. The number of rotatable bonds is 11. The first kappa shape index (κ1) is 26.9. The zero-order valence-corrected chi connectivity index (χ0v) is 22.7. The van der Waals surface area contributed by atoms with Crippen LogP contribution in [0.4, 0.5) is 5.69 Å². The number of aliphatic carboxylic acids is 1. The number of halogens is 1. The van der Waals surface area contributed by atoms with Crippen LogP contribution < -0.4 is 4.31 Å². The van der Waals surface area contributed by atoms with Gasteiger partial charge in [-0.3, -0.25) is 9.10 Å². The number of para-hydroxylation sites is 1. The van der Waals surface area contributed by atoms with Gasteiger partial charge in [0, 0.05) is 28.2 Å². The van der Waals surface area contributed by atoms with Crippen molar-refractivity contribution in [3.8, 4) is 0 Å². The molecule has 0 amide bonds. The van der Waals surface area contributed by atoms with Gasteiger partial charge in [0.15, 0.2) is 0 Å². The van der Waals surface area contributed by atoms with Crippen LogP contribution in [-0.2, 0) is 14.8 Å². The zero-order valence-electron chi connectivity index (χ0n) is 19.7. The second-order valence-corrected chi connectivity index (χ2v) is 12.1. The highest BCUT2D eigenvalue weighted by atomic mass is 127. The van der Waals surface area contributed by atoms with E-state index in [-0.39, 0.29) is 11.3 Å². The molecule has 9 heteroatoms. The highest BCUT2D eigenvalue weighted by Crippen LogP contribution is 2.46. The van der Waals surface area contributed by atoms with Gasteiger partial charge in [-0.05, 0) is 67.0 Å². The third kappa shape index (κ3) is 5.75. The lowest BCUT2D eigenvalue weighted by Crippen LogP contribution is -2.46. The van der Waals surface area contributed by atoms with Crippen molar-refractivity contribution in [1.29, 1.82) is 0 Å². The topological polar surface area (TPSA) is 97.7 Å². The Morgan fingerprint density at radius 3 is 2.38 bits per heavy atom. The summed E-state index contributed by atoms with van der Waals surface area (Å²) in [5.74, 6) is -0.761. The predicted octanol–water partition coefficient (Wildman–Crippen LogP) is 5.67. The van der Waals surface area contributed by atoms with Crippen LogP contribution in [0.15, 0.2) is 47.4 Å². The number of carbonyl (C=O) groups is 1. The van der Waals surface area contributed by atoms with E-state index in [1.54, 1.807) is 31.3 Å². The monoisotopic (exact) mass is 600 g/mol. The summed E-state index contributed by atoms with van der Waals surface area (Å²) < 4.78 is 28.6. The second-order valence-electron chi connectivity index (χ2n) is 8.87. The fraction of sp³-hybridized carbons (Fsp3) is 0.480. The molecule has 34 heavy (non-hydrogen) atoms. The molecule has 0 aromatic heterocycles. The maximum absolute atomic E-state index is 14.4. The Balaban J connectivity index is 1.89. The molecule has 7 nitrogen and oxygen atoms in total. The Morgan fingerprint density at radius 2 is 1.71 bits per heavy atom. The first-order valence-corrected chi connectivity index (χ1v) is 14.3. The summed E-state index contributed by atoms with van der Waals surface area (Å²) in [6, 6.07) is 12.0. The minimum Gasteiger partial charge on any atom is -0.632 e. The lowest BCUT2D eigenvalue weighted by atomic mass is 9.94. The van der Waals surface area contributed by atoms with Gasteiger partial charge in [-0.15, -0.1) is 0 Å². The van der Waals surface area contributed by atoms with Gasteiger partial charge in [0.2, 0.25) is 0 Å². The molecule has 0 aliphatic carbocycles. The minimum atomic E-state index is -3.80. The quantitative estimate of drug-likeness (QED) is 0.155. The summed E-state index contributed by atoms with van der Waals surface area (Å²) in [4.78, 5) is 10.8. The number of nitrogens with zero attached hydrogens (tertiary/aromatic N) is 2. The largest absolute Gasteiger partial charge is 0.632 e. The highest BCUT2D eigenvalue weighted by molar-refractivity contribution is 14.1. The number of hydroxylamine groups is 3. The molecular weight excluding hydrogens is 567 g/mol. The van der Waals surface area contributed by atoms with E-state index >= 15 is 0 Å². The average molecular weight is 601 g/mol. The standard InChI is InChI=1S/C25H33IN2O5S/c1-3-28(31,17-11-7-5-4-6-8-14-24(29)30)25-20-12-9-10-13-22(20)27(2)34(32,33)23-18-19(26)15-16-21(23)25/h9-10,12-13,15-16,18,25H,3-8,11,14,17H2,1-2H3,(H,29,30). The van der Waals surface area contributed by atoms with E-state index in [1.165, 1.54) is 4.31 Å². The van der Waals surface area contributed by atoms with E-state index in [0.717, 1.165) is 41.2 Å². The van der Waals surface area contributed by atoms with E-state index < -0.39 is 26.7 Å². The number of quaternary nitrogens is 1. The molecule has 0 radical (unpaired) electrons. The zero-order chi connectivity index (χ0) is 24.9. The van der Waals surface area contributed by atoms with Crippen LogP contribution in [0.1, 0.15) is 69.0 Å². The van der Waals surface area contributed by atoms with Crippen molar-refractivity contribution in [3.63, 3.8) is 0 Å². The van der Waals surface area contributed by atoms with Crippen molar-refractivity contribution in [1.82, 2.24) is 0 Å². The molecule has 2 unspecified atom stereocenters. The van der Waals surface area contributed by atoms with Crippen molar-refractivity contribution in [2.24, 2.45) is 0 Å². The van der Waals surface area contributed by atoms with Gasteiger partial charge >= 0.3 is 5.97 Å². The predicted molar refractivity (Wildman–Crippen MR) is 142 cm³/mol. The van der Waals surface area contributed by atoms with Gasteiger partial charge in [0.05, 0.1) is 23.7 Å². The second kappa shape index (κ2) is 11.4. The molecule has 0 saturated heterocycles. The SMILES string of the molecule is CC[N+]([O-])(CCCCCCCCC(=O)O)C1c2ccccc2N(C)S(=O)(=O)c2cc(I)ccc21. The molecule has 0 spiro atoms. The van der Waals surface area contributed by atoms with E-state index in [4.69, 9.17) is 5.11 Å². The number of hydrogen-bond donors (Lipinski definition) is 1. The van der Waals surface area contributed by atoms with Crippen LogP contribution in [-0.4, -0.2) is 44.3 Å². The summed E-state index contributed by atoms with van der Waals surface area (Å²) in [5.41, 5.74) is 1.84. The summed E-state index contributed by atoms with van der Waals surface area (Å²) in [6.07, 6.45) is 5.29. The summed E-state index contributed by atoms with van der Waals surface area (Å²) in [7, 11) is -2.25. The van der Waals surface area contributed by atoms with Crippen molar-refractivity contribution < 1.29 is 23.0 Å². The number of anilines is 1. The fourth-order valence-electron chi connectivity index (χ4n) is 4.75. The van der Waals surface area contributed by atoms with Gasteiger partial charge in [-0.25, -0.2) is 8.42 Å². The molecule has 2 atom stereocenters. The number of carboxylic acids is 1. The van der Waals surface area contributed by atoms with Crippen LogP contribution in [0.25, 0.3) is 0 Å². The highest BCUT2D eigenvalue weighted by Gasteiger charge is 2.41. The maximum Gasteiger partial charge on any atom is 0.303 e. The molecule has 0 bridgehead atoms. The smallest absolute Gasteiger partial charge is 0.303 e. The molecule has 186 valence electrons. The summed E-state index contributed by atoms with van der Waals surface area (Å²) in [5, 5.41) is 23.1. The van der Waals surface area contributed by atoms with Crippen molar-refractivity contribution in [2.75, 3.05) is 24.4 Å². The van der Waals surface area contributed by atoms with Gasteiger partial charge in [0.25, 0.3) is 10.0 Å². The number of fused-ring (bicyclic) bond motifs is 2. The maximum atomic E-state index is 14.4. The van der Waals surface area contributed by atoms with Crippen molar-refractivity contribution in [2.45, 2.75) is 62.8 Å². The molecule has 1 N–H and O–H groups in total. The van der Waals surface area contributed by atoms with E-state index in [1.807, 2.05) is 25.1 Å². The Bertz CT molecular complexity index is 1120. The summed E-state index contributed by atoms with van der Waals surface area (Å²) >= 11 is 2.11. The molecule has 0 saturated carbocycles. The number of carboxylic acid groups (broad SMARTS) is 1. The van der Waals surface area contributed by atoms with Gasteiger partial charge in [0.1, 0.15) is 6.04 Å². The number of benzene rings is 2. The average Bonchev–Trinajstić information content (AvgIpc) is 2.87. The molecule has 1 aliphatic rings. The Labute approximate surface area is 216 Å². The van der Waals surface area contributed by atoms with Gasteiger partial charge in [-0.2, -0.15) is 0 Å². The van der Waals surface area contributed by atoms with Gasteiger partial charge in [-0.1, -0.05) is 43.5 Å². The molecule has 1 aliphatic heterocycles. The van der Waals surface area contributed by atoms with Gasteiger partial charge < -0.3 is 15.0 Å². The fourth-order valence-corrected chi connectivity index (χ4v) is 6.92. The van der Waals surface area contributed by atoms with Crippen LogP contribution >= 0.6 is 22.6 Å². The van der Waals surface area contributed by atoms with Crippen LogP contribution in [0.5, 0.6) is 0 Å². The summed E-state index contributed by atoms with van der Waals surface area (Å²) in [6.45, 7) is 2.59. The molecule has 2 aromatic rings. The number of unbranched alkanes of at least 4 members (excludes halogenated alkanes) is 5. The first-order chi connectivity index (χ1) is 16.1. The van der Waals surface area contributed by atoms with E-state index in [9.17, 15) is 18.4 Å². The van der Waals surface area contributed by atoms with E-state index in [0.29, 0.717) is 30.8 Å². The molecule has 0 fully saturated rings. The Kier molecular flexibility index (Phi) is 8.99. The number of sulfonamides is 1. The minimum absolute atomic E-state index is 0.202. The number of hydrogen-bond acceptors (Lipinski definition) is 4. The molecule has 3 rings (SSSR count). The normalized spacial score (nSPS) is 18.5. The lowest BCUT2D eigenvalue weighted by molar-refractivity contribution is -0.904. The Hall–Kier alpha value is -1.69. The van der Waals surface area contributed by atoms with Crippen LogP contribution in [0, 0.1) is 8.78 Å². The lowest BCUT2D eigenvalue weighted by Gasteiger charge is -2.49.